The fraction of sp³-hybridized carbons (Fsp3) is 0.750. The first-order chi connectivity index (χ1) is 6.16. The molecule has 0 aliphatic rings. The normalized spacial score (nSPS) is 12.4. The van der Waals surface area contributed by atoms with Gasteiger partial charge in [-0.05, 0) is 0 Å². The molecule has 0 aromatic rings. The minimum atomic E-state index is -4.58. The number of carbonyl (C=O) groups is 1. The maximum atomic E-state index is 10.7. The van der Waals surface area contributed by atoms with Gasteiger partial charge in [0.1, 0.15) is 0 Å². The van der Waals surface area contributed by atoms with E-state index in [-0.39, 0.29) is 6.54 Å². The van der Waals surface area contributed by atoms with Crippen molar-refractivity contribution in [2.75, 3.05) is 18.1 Å². The number of rotatable bonds is 5. The van der Waals surface area contributed by atoms with Crippen molar-refractivity contribution in [3.05, 3.63) is 0 Å². The summed E-state index contributed by atoms with van der Waals surface area (Å²) in [5.41, 5.74) is 4.88. The summed E-state index contributed by atoms with van der Waals surface area (Å²) in [7, 11) is -8.73. The Morgan fingerprint density at radius 3 is 2.14 bits per heavy atom. The molecule has 3 N–H and O–H groups in total. The molecule has 0 fully saturated rings. The quantitative estimate of drug-likeness (QED) is 0.408. The highest BCUT2D eigenvalue weighted by Crippen LogP contribution is 1.95. The molecule has 0 saturated heterocycles. The van der Waals surface area contributed by atoms with E-state index < -0.39 is 37.7 Å². The van der Waals surface area contributed by atoms with Gasteiger partial charge in [-0.25, -0.2) is 4.79 Å². The van der Waals surface area contributed by atoms with Crippen molar-refractivity contribution in [2.24, 2.45) is 5.73 Å². The van der Waals surface area contributed by atoms with Gasteiger partial charge in [0.2, 0.25) is 0 Å². The third-order valence-corrected chi connectivity index (χ3v) is 2.66. The number of nitrogens with two attached hydrogens (primary N) is 1. The number of hydrogen-bond donors (Lipinski definition) is 2. The van der Waals surface area contributed by atoms with Crippen LogP contribution in [0.5, 0.6) is 0 Å². The van der Waals surface area contributed by atoms with Crippen LogP contribution in [0.25, 0.3) is 0 Å². The summed E-state index contributed by atoms with van der Waals surface area (Å²) in [6.07, 6.45) is 0. The van der Waals surface area contributed by atoms with Crippen molar-refractivity contribution in [1.29, 1.82) is 0 Å². The second kappa shape index (κ2) is 4.68. The SMILES string of the molecule is NCCS(=O)(=O)OC(=O)CS(=O)(=O)O. The predicted molar refractivity (Wildman–Crippen MR) is 45.3 cm³/mol. The van der Waals surface area contributed by atoms with Gasteiger partial charge in [0, 0.05) is 6.54 Å². The van der Waals surface area contributed by atoms with Gasteiger partial charge in [-0.1, -0.05) is 0 Å². The highest BCUT2D eigenvalue weighted by molar-refractivity contribution is 7.88. The van der Waals surface area contributed by atoms with Crippen LogP contribution in [-0.2, 0) is 29.2 Å². The van der Waals surface area contributed by atoms with Gasteiger partial charge in [0.15, 0.2) is 5.75 Å². The van der Waals surface area contributed by atoms with Crippen LogP contribution in [0.1, 0.15) is 0 Å². The molecule has 10 heteroatoms. The molecule has 84 valence electrons. The van der Waals surface area contributed by atoms with E-state index >= 15 is 0 Å². The second-order valence-electron chi connectivity index (χ2n) is 2.23. The summed E-state index contributed by atoms with van der Waals surface area (Å²) in [5.74, 6) is -3.58. The molecule has 0 aliphatic heterocycles. The molecule has 0 aliphatic carbocycles. The first-order valence-corrected chi connectivity index (χ1v) is 6.45. The van der Waals surface area contributed by atoms with Crippen LogP contribution in [0.2, 0.25) is 0 Å². The van der Waals surface area contributed by atoms with Crippen molar-refractivity contribution in [3.63, 3.8) is 0 Å². The van der Waals surface area contributed by atoms with Crippen LogP contribution in [0.15, 0.2) is 0 Å². The molecule has 0 unspecified atom stereocenters. The van der Waals surface area contributed by atoms with Crippen molar-refractivity contribution >= 4 is 26.2 Å². The van der Waals surface area contributed by atoms with Crippen molar-refractivity contribution < 1.29 is 30.4 Å². The fourth-order valence-corrected chi connectivity index (χ4v) is 1.65. The maximum absolute atomic E-state index is 10.7. The number of carbonyl (C=O) groups excluding carboxylic acids is 1. The summed E-state index contributed by atoms with van der Waals surface area (Å²) in [5, 5.41) is 0. The third-order valence-electron chi connectivity index (χ3n) is 0.888. The van der Waals surface area contributed by atoms with E-state index in [0.717, 1.165) is 0 Å². The molecule has 8 nitrogen and oxygen atoms in total. The predicted octanol–water partition coefficient (Wildman–Crippen LogP) is -2.29. The molecule has 0 heterocycles. The molecule has 0 radical (unpaired) electrons. The second-order valence-corrected chi connectivity index (χ2v) is 5.37. The van der Waals surface area contributed by atoms with Crippen LogP contribution < -0.4 is 5.73 Å². The molecule has 0 saturated carbocycles. The van der Waals surface area contributed by atoms with Crippen LogP contribution in [0, 0.1) is 0 Å². The highest BCUT2D eigenvalue weighted by Gasteiger charge is 2.20. The Balaban J connectivity index is 4.35. The van der Waals surface area contributed by atoms with Gasteiger partial charge in [0.05, 0.1) is 5.75 Å². The molecule has 0 rings (SSSR count). The molecular formula is C4H9NO7S2. The van der Waals surface area contributed by atoms with Gasteiger partial charge >= 0.3 is 16.1 Å². The zero-order chi connectivity index (χ0) is 11.4. The Labute approximate surface area is 80.9 Å². The molecule has 0 aromatic heterocycles. The van der Waals surface area contributed by atoms with Crippen molar-refractivity contribution in [1.82, 2.24) is 0 Å². The average Bonchev–Trinajstić information content (AvgIpc) is 1.78. The van der Waals surface area contributed by atoms with Crippen molar-refractivity contribution in [3.8, 4) is 0 Å². The van der Waals surface area contributed by atoms with Gasteiger partial charge in [-0.3, -0.25) is 4.55 Å². The van der Waals surface area contributed by atoms with E-state index in [0.29, 0.717) is 0 Å². The lowest BCUT2D eigenvalue weighted by atomic mass is 10.8. The molecule has 0 amide bonds. The average molecular weight is 247 g/mol. The summed E-state index contributed by atoms with van der Waals surface area (Å²) in [6.45, 7) is -0.262. The Hall–Kier alpha value is -0.710. The first kappa shape index (κ1) is 13.3. The van der Waals surface area contributed by atoms with Crippen LogP contribution in [-0.4, -0.2) is 45.4 Å². The summed E-state index contributed by atoms with van der Waals surface area (Å²) in [6, 6.07) is 0. The first-order valence-electron chi connectivity index (χ1n) is 3.26. The molecular weight excluding hydrogens is 238 g/mol. The largest absolute Gasteiger partial charge is 0.344 e. The summed E-state index contributed by atoms with van der Waals surface area (Å²) in [4.78, 5) is 10.6. The summed E-state index contributed by atoms with van der Waals surface area (Å²) >= 11 is 0. The summed E-state index contributed by atoms with van der Waals surface area (Å²) < 4.78 is 53.6. The van der Waals surface area contributed by atoms with Crippen molar-refractivity contribution in [2.45, 2.75) is 0 Å². The Morgan fingerprint density at radius 2 is 1.79 bits per heavy atom. The van der Waals surface area contributed by atoms with Gasteiger partial charge in [-0.2, -0.15) is 16.8 Å². The van der Waals surface area contributed by atoms with Crippen LogP contribution in [0.3, 0.4) is 0 Å². The topological polar surface area (TPSA) is 141 Å². The van der Waals surface area contributed by atoms with E-state index in [4.69, 9.17) is 10.3 Å². The Kier molecular flexibility index (Phi) is 4.45. The smallest absolute Gasteiger partial charge is 0.339 e. The fourth-order valence-electron chi connectivity index (χ4n) is 0.501. The minimum Gasteiger partial charge on any atom is -0.344 e. The molecule has 0 spiro atoms. The lowest BCUT2D eigenvalue weighted by molar-refractivity contribution is -0.131. The molecule has 0 atom stereocenters. The molecule has 0 aromatic carbocycles. The van der Waals surface area contributed by atoms with E-state index in [9.17, 15) is 21.6 Å². The zero-order valence-corrected chi connectivity index (χ0v) is 8.54. The standard InChI is InChI=1S/C4H9NO7S2/c5-1-2-14(10,11)12-4(6)3-13(7,8)9/h1-3,5H2,(H,7,8,9). The monoisotopic (exact) mass is 247 g/mol. The lowest BCUT2D eigenvalue weighted by Gasteiger charge is -2.02. The van der Waals surface area contributed by atoms with E-state index in [1.165, 1.54) is 0 Å². The van der Waals surface area contributed by atoms with Crippen LogP contribution in [0.4, 0.5) is 0 Å². The molecule has 14 heavy (non-hydrogen) atoms. The highest BCUT2D eigenvalue weighted by atomic mass is 32.2. The maximum Gasteiger partial charge on any atom is 0.339 e. The Morgan fingerprint density at radius 1 is 1.29 bits per heavy atom. The van der Waals surface area contributed by atoms with Crippen LogP contribution >= 0.6 is 0 Å². The van der Waals surface area contributed by atoms with E-state index in [1.54, 1.807) is 0 Å². The van der Waals surface area contributed by atoms with Gasteiger partial charge in [0.25, 0.3) is 10.1 Å². The van der Waals surface area contributed by atoms with E-state index in [2.05, 4.69) is 4.18 Å². The minimum absolute atomic E-state index is 0.262. The van der Waals surface area contributed by atoms with Gasteiger partial charge in [-0.15, -0.1) is 0 Å². The van der Waals surface area contributed by atoms with E-state index in [1.807, 2.05) is 0 Å². The lowest BCUT2D eigenvalue weighted by Crippen LogP contribution is -2.25. The molecule has 0 bridgehead atoms. The Bertz CT molecular complexity index is 393. The number of hydrogen-bond acceptors (Lipinski definition) is 7. The third kappa shape index (κ3) is 6.77. The zero-order valence-electron chi connectivity index (χ0n) is 6.91. The van der Waals surface area contributed by atoms with Gasteiger partial charge < -0.3 is 9.92 Å².